The molecule has 4 N–H and O–H groups in total. The van der Waals surface area contributed by atoms with Crippen molar-refractivity contribution in [3.63, 3.8) is 0 Å². The zero-order valence-electron chi connectivity index (χ0n) is 11.6. The van der Waals surface area contributed by atoms with Crippen molar-refractivity contribution < 1.29 is 39.6 Å². The van der Waals surface area contributed by atoms with Crippen molar-refractivity contribution in [1.29, 1.82) is 0 Å². The maximum absolute atomic E-state index is 11.3. The number of rotatable bonds is 5. The van der Waals surface area contributed by atoms with Crippen LogP contribution in [0.15, 0.2) is 24.5 Å². The molecular weight excluding hydrogens is 324 g/mol. The van der Waals surface area contributed by atoms with E-state index in [1.807, 2.05) is 0 Å². The summed E-state index contributed by atoms with van der Waals surface area (Å²) >= 11 is 0. The van der Waals surface area contributed by atoms with E-state index in [9.17, 15) is 29.4 Å². The van der Waals surface area contributed by atoms with Crippen LogP contribution in [-0.4, -0.2) is 54.3 Å². The summed E-state index contributed by atoms with van der Waals surface area (Å²) in [5.74, 6) is -5.91. The molecule has 0 aliphatic heterocycles. The van der Waals surface area contributed by atoms with Crippen LogP contribution in [0.5, 0.6) is 0 Å². The first-order valence-corrected chi connectivity index (χ1v) is 6.16. The zero-order valence-corrected chi connectivity index (χ0v) is 11.6. The van der Waals surface area contributed by atoms with Crippen molar-refractivity contribution in [1.82, 2.24) is 9.97 Å². The summed E-state index contributed by atoms with van der Waals surface area (Å²) in [5, 5.41) is 36.2. The molecule has 122 valence electrons. The number of carboxylic acid groups (broad SMARTS) is 4. The Morgan fingerprint density at radius 1 is 0.625 bits per heavy atom. The average molecular weight is 332 g/mol. The normalized spacial score (nSPS) is 10.2. The van der Waals surface area contributed by atoms with Crippen molar-refractivity contribution in [3.05, 3.63) is 46.8 Å². The summed E-state index contributed by atoms with van der Waals surface area (Å²) in [6.45, 7) is 0. The highest BCUT2D eigenvalue weighted by molar-refractivity contribution is 6.02. The second kappa shape index (κ2) is 6.12. The van der Waals surface area contributed by atoms with Gasteiger partial charge in [-0.05, 0) is 12.1 Å². The van der Waals surface area contributed by atoms with Crippen LogP contribution >= 0.6 is 0 Å². The van der Waals surface area contributed by atoms with E-state index >= 15 is 0 Å². The molecule has 0 saturated carbocycles. The third-order valence-corrected chi connectivity index (χ3v) is 2.95. The summed E-state index contributed by atoms with van der Waals surface area (Å²) in [4.78, 5) is 51.8. The monoisotopic (exact) mass is 332 g/mol. The largest absolute Gasteiger partial charge is 0.478 e. The molecule has 0 unspecified atom stereocenters. The van der Waals surface area contributed by atoms with Crippen molar-refractivity contribution in [2.45, 2.75) is 0 Å². The Hall–Kier alpha value is -3.82. The number of carbonyl (C=O) groups is 4. The van der Waals surface area contributed by atoms with Gasteiger partial charge in [0.2, 0.25) is 0 Å². The topological polar surface area (TPSA) is 175 Å². The second-order valence-electron chi connectivity index (χ2n) is 4.46. The third kappa shape index (κ3) is 3.02. The molecule has 2 rings (SSSR count). The quantitative estimate of drug-likeness (QED) is 0.616. The van der Waals surface area contributed by atoms with Crippen LogP contribution in [0.4, 0.5) is 0 Å². The van der Waals surface area contributed by atoms with Gasteiger partial charge in [0.05, 0.1) is 22.3 Å². The smallest absolute Gasteiger partial charge is 0.338 e. The van der Waals surface area contributed by atoms with Gasteiger partial charge in [-0.3, -0.25) is 9.97 Å². The minimum atomic E-state index is -1.54. The Morgan fingerprint density at radius 3 is 1.21 bits per heavy atom. The minimum absolute atomic E-state index is 0.387. The van der Waals surface area contributed by atoms with E-state index in [2.05, 4.69) is 9.97 Å². The first-order valence-electron chi connectivity index (χ1n) is 6.16. The number of pyridine rings is 2. The maximum Gasteiger partial charge on any atom is 0.338 e. The van der Waals surface area contributed by atoms with Gasteiger partial charge in [-0.2, -0.15) is 0 Å². The Balaban J connectivity index is 2.76. The molecule has 0 bridgehead atoms. The molecule has 10 nitrogen and oxygen atoms in total. The fourth-order valence-electron chi connectivity index (χ4n) is 1.87. The highest BCUT2D eigenvalue weighted by Gasteiger charge is 2.23. The van der Waals surface area contributed by atoms with Crippen LogP contribution < -0.4 is 0 Å². The van der Waals surface area contributed by atoms with Crippen molar-refractivity contribution in [3.8, 4) is 11.4 Å². The van der Waals surface area contributed by atoms with E-state index < -0.39 is 46.1 Å². The van der Waals surface area contributed by atoms with Gasteiger partial charge in [0, 0.05) is 12.4 Å². The lowest BCUT2D eigenvalue weighted by Crippen LogP contribution is -2.11. The molecule has 0 aromatic carbocycles. The predicted octanol–water partition coefficient (Wildman–Crippen LogP) is 0.936. The highest BCUT2D eigenvalue weighted by atomic mass is 16.4. The Labute approximate surface area is 132 Å². The number of aromatic carboxylic acids is 4. The number of aromatic nitrogens is 2. The highest BCUT2D eigenvalue weighted by Crippen LogP contribution is 2.25. The molecule has 0 aliphatic rings. The van der Waals surface area contributed by atoms with Crippen LogP contribution in [0, 0.1) is 0 Å². The van der Waals surface area contributed by atoms with E-state index in [0.29, 0.717) is 0 Å². The maximum atomic E-state index is 11.3. The van der Waals surface area contributed by atoms with Gasteiger partial charge in [-0.1, -0.05) is 0 Å². The summed E-state index contributed by atoms with van der Waals surface area (Å²) < 4.78 is 0. The number of nitrogens with zero attached hydrogens (tertiary/aromatic N) is 2. The average Bonchev–Trinajstić information content (AvgIpc) is 2.53. The molecular formula is C14H8N2O8. The Bertz CT molecular complexity index is 817. The van der Waals surface area contributed by atoms with Gasteiger partial charge in [0.15, 0.2) is 0 Å². The van der Waals surface area contributed by atoms with E-state index in [1.54, 1.807) is 0 Å². The number of carboxylic acids is 4. The Morgan fingerprint density at radius 2 is 0.958 bits per heavy atom. The first-order chi connectivity index (χ1) is 11.2. The molecule has 0 amide bonds. The molecule has 0 aliphatic carbocycles. The fraction of sp³-hybridized carbons (Fsp3) is 0. The van der Waals surface area contributed by atoms with Gasteiger partial charge in [-0.15, -0.1) is 0 Å². The van der Waals surface area contributed by atoms with Crippen LogP contribution in [0.25, 0.3) is 11.4 Å². The van der Waals surface area contributed by atoms with Crippen molar-refractivity contribution in [2.24, 2.45) is 0 Å². The lowest BCUT2D eigenvalue weighted by molar-refractivity contribution is 0.0674. The molecule has 0 radical (unpaired) electrons. The van der Waals surface area contributed by atoms with Gasteiger partial charge in [0.25, 0.3) is 0 Å². The van der Waals surface area contributed by atoms with E-state index in [-0.39, 0.29) is 11.4 Å². The van der Waals surface area contributed by atoms with Gasteiger partial charge in [0.1, 0.15) is 11.4 Å². The summed E-state index contributed by atoms with van der Waals surface area (Å²) in [6, 6.07) is 1.62. The second-order valence-corrected chi connectivity index (χ2v) is 4.46. The SMILES string of the molecule is O=C(O)c1cnc(-c2ncc(C(=O)O)cc2C(=O)O)c(C(=O)O)c1. The lowest BCUT2D eigenvalue weighted by atomic mass is 10.0. The summed E-state index contributed by atoms with van der Waals surface area (Å²) in [7, 11) is 0. The Kier molecular flexibility index (Phi) is 4.22. The van der Waals surface area contributed by atoms with Crippen LogP contribution in [0.2, 0.25) is 0 Å². The summed E-state index contributed by atoms with van der Waals surface area (Å²) in [6.07, 6.45) is 1.70. The van der Waals surface area contributed by atoms with Gasteiger partial charge < -0.3 is 20.4 Å². The van der Waals surface area contributed by atoms with E-state index in [1.165, 1.54) is 0 Å². The van der Waals surface area contributed by atoms with Crippen LogP contribution in [0.1, 0.15) is 41.4 Å². The van der Waals surface area contributed by atoms with Gasteiger partial charge in [-0.25, -0.2) is 19.2 Å². The molecule has 2 aromatic rings. The summed E-state index contributed by atoms with van der Waals surface area (Å²) in [5.41, 5.74) is -2.74. The third-order valence-electron chi connectivity index (χ3n) is 2.95. The van der Waals surface area contributed by atoms with Crippen molar-refractivity contribution in [2.75, 3.05) is 0 Å². The number of hydrogen-bond donors (Lipinski definition) is 4. The molecule has 2 heterocycles. The minimum Gasteiger partial charge on any atom is -0.478 e. The molecule has 0 fully saturated rings. The zero-order chi connectivity index (χ0) is 18.0. The fourth-order valence-corrected chi connectivity index (χ4v) is 1.87. The van der Waals surface area contributed by atoms with Crippen LogP contribution in [0.3, 0.4) is 0 Å². The van der Waals surface area contributed by atoms with Gasteiger partial charge >= 0.3 is 23.9 Å². The predicted molar refractivity (Wildman–Crippen MR) is 75.3 cm³/mol. The number of hydrogen-bond acceptors (Lipinski definition) is 6. The molecule has 0 atom stereocenters. The standard InChI is InChI=1S/C14H8N2O8/c17-11(18)5-1-7(13(21)22)9(15-3-5)10-8(14(23)24)2-6(4-16-10)12(19)20/h1-4H,(H,17,18)(H,19,20)(H,21,22)(H,23,24). The molecule has 0 saturated heterocycles. The molecule has 24 heavy (non-hydrogen) atoms. The van der Waals surface area contributed by atoms with E-state index in [0.717, 1.165) is 24.5 Å². The molecule has 0 spiro atoms. The molecule has 2 aromatic heterocycles. The first kappa shape index (κ1) is 16.5. The van der Waals surface area contributed by atoms with E-state index in [4.69, 9.17) is 10.2 Å². The van der Waals surface area contributed by atoms with Crippen molar-refractivity contribution >= 4 is 23.9 Å². The lowest BCUT2D eigenvalue weighted by Gasteiger charge is -2.09. The van der Waals surface area contributed by atoms with Crippen LogP contribution in [-0.2, 0) is 0 Å². The molecule has 10 heteroatoms.